The van der Waals surface area contributed by atoms with E-state index in [2.05, 4.69) is 37.2 Å². The average Bonchev–Trinajstić information content (AvgIpc) is 3.67. The van der Waals surface area contributed by atoms with Gasteiger partial charge in [-0.15, -0.1) is 0 Å². The number of benzene rings is 3. The summed E-state index contributed by atoms with van der Waals surface area (Å²) in [7, 11) is 3.25. The van der Waals surface area contributed by atoms with E-state index in [-0.39, 0.29) is 10.6 Å². The fourth-order valence-corrected chi connectivity index (χ4v) is 5.73. The minimum atomic E-state index is -0.475. The first kappa shape index (κ1) is 29.3. The molecule has 7 nitrogen and oxygen atoms in total. The van der Waals surface area contributed by atoms with E-state index in [4.69, 9.17) is 19.2 Å². The number of methoxy groups -OCH3 is 2. The molecule has 218 valence electrons. The third kappa shape index (κ3) is 6.16. The van der Waals surface area contributed by atoms with Gasteiger partial charge in [0.25, 0.3) is 0 Å². The van der Waals surface area contributed by atoms with Crippen LogP contribution in [0, 0.1) is 5.82 Å². The van der Waals surface area contributed by atoms with Crippen molar-refractivity contribution in [3.63, 3.8) is 0 Å². The Bertz CT molecular complexity index is 1630. The predicted molar refractivity (Wildman–Crippen MR) is 164 cm³/mol. The zero-order valence-corrected chi connectivity index (χ0v) is 25.5. The molecule has 5 aromatic rings. The van der Waals surface area contributed by atoms with Crippen molar-refractivity contribution in [1.29, 1.82) is 0 Å². The number of nitrogens with zero attached hydrogens (tertiary/aromatic N) is 4. The second-order valence-electron chi connectivity index (χ2n) is 11.0. The Morgan fingerprint density at radius 3 is 2.19 bits per heavy atom. The maximum atomic E-state index is 13.9. The van der Waals surface area contributed by atoms with E-state index in [1.54, 1.807) is 50.6 Å². The van der Waals surface area contributed by atoms with Gasteiger partial charge in [0, 0.05) is 29.2 Å². The number of thioether (sulfide) groups is 1. The zero-order chi connectivity index (χ0) is 29.9. The number of hydrogen-bond donors (Lipinski definition) is 0. The molecule has 0 radical (unpaired) electrons. The maximum absolute atomic E-state index is 13.9. The minimum Gasteiger partial charge on any atom is -0.493 e. The second kappa shape index (κ2) is 11.9. The van der Waals surface area contributed by atoms with Crippen LogP contribution in [0.5, 0.6) is 17.2 Å². The number of hydrogen-bond acceptors (Lipinski definition) is 6. The SMILES string of the molecule is COc1ccc(C(C)(C)c2cnc(SC(C)(C)COc3ccc(-n4ccnc4)cc3)n2-c2ccc(F)cc2)cc1OC. The Hall–Kier alpha value is -4.24. The summed E-state index contributed by atoms with van der Waals surface area (Å²) in [6.07, 6.45) is 7.31. The van der Waals surface area contributed by atoms with E-state index in [1.165, 1.54) is 12.1 Å². The Labute approximate surface area is 250 Å². The molecule has 0 aliphatic rings. The van der Waals surface area contributed by atoms with Gasteiger partial charge in [0.15, 0.2) is 16.7 Å². The predicted octanol–water partition coefficient (Wildman–Crippen LogP) is 7.49. The standard InChI is InChI=1S/C33H35FN4O3S/c1-32(2,21-41-27-14-12-25(13-15-27)37-18-17-35-22-37)42-31-36-20-30(38(31)26-10-8-24(34)9-11-26)33(3,4)23-7-16-28(39-5)29(19-23)40-6/h7-20,22H,21H2,1-6H3. The Kier molecular flexibility index (Phi) is 8.31. The Morgan fingerprint density at radius 2 is 1.55 bits per heavy atom. The van der Waals surface area contributed by atoms with Gasteiger partial charge in [-0.25, -0.2) is 14.4 Å². The number of rotatable bonds is 11. The van der Waals surface area contributed by atoms with Crippen molar-refractivity contribution >= 4 is 11.8 Å². The van der Waals surface area contributed by atoms with Crippen LogP contribution in [0.2, 0.25) is 0 Å². The first-order valence-corrected chi connectivity index (χ1v) is 14.4. The molecule has 3 aromatic carbocycles. The summed E-state index contributed by atoms with van der Waals surface area (Å²) >= 11 is 1.61. The summed E-state index contributed by atoms with van der Waals surface area (Å²) < 4.78 is 34.9. The highest BCUT2D eigenvalue weighted by Crippen LogP contribution is 2.41. The summed E-state index contributed by atoms with van der Waals surface area (Å²) in [5, 5.41) is 0.786. The molecule has 2 aromatic heterocycles. The van der Waals surface area contributed by atoms with E-state index < -0.39 is 5.41 Å². The van der Waals surface area contributed by atoms with Crippen LogP contribution in [0.4, 0.5) is 4.39 Å². The molecular formula is C33H35FN4O3S. The molecule has 9 heteroatoms. The van der Waals surface area contributed by atoms with Crippen LogP contribution in [0.3, 0.4) is 0 Å². The van der Waals surface area contributed by atoms with Crippen molar-refractivity contribution in [3.8, 4) is 28.6 Å². The molecule has 0 fully saturated rings. The summed E-state index contributed by atoms with van der Waals surface area (Å²) in [6, 6.07) is 20.3. The quantitative estimate of drug-likeness (QED) is 0.150. The summed E-state index contributed by atoms with van der Waals surface area (Å²) in [6.45, 7) is 8.98. The van der Waals surface area contributed by atoms with Crippen LogP contribution >= 0.6 is 11.8 Å². The maximum Gasteiger partial charge on any atom is 0.173 e. The van der Waals surface area contributed by atoms with E-state index in [0.29, 0.717) is 18.1 Å². The fourth-order valence-electron chi connectivity index (χ4n) is 4.72. The fraction of sp³-hybridized carbons (Fsp3) is 0.273. The van der Waals surface area contributed by atoms with Crippen LogP contribution < -0.4 is 14.2 Å². The third-order valence-electron chi connectivity index (χ3n) is 7.15. The first-order chi connectivity index (χ1) is 20.1. The molecule has 0 saturated carbocycles. The molecule has 0 unspecified atom stereocenters. The molecule has 0 aliphatic carbocycles. The van der Waals surface area contributed by atoms with Crippen LogP contribution in [0.25, 0.3) is 11.4 Å². The van der Waals surface area contributed by atoms with Crippen LogP contribution in [0.15, 0.2) is 96.8 Å². The van der Waals surface area contributed by atoms with Crippen molar-refractivity contribution in [3.05, 3.63) is 109 Å². The van der Waals surface area contributed by atoms with E-state index >= 15 is 0 Å². The van der Waals surface area contributed by atoms with Gasteiger partial charge in [-0.05, 0) is 80.1 Å². The second-order valence-corrected chi connectivity index (χ2v) is 12.7. The molecule has 0 saturated heterocycles. The smallest absolute Gasteiger partial charge is 0.173 e. The summed E-state index contributed by atoms with van der Waals surface area (Å²) in [5.74, 6) is 1.81. The van der Waals surface area contributed by atoms with Gasteiger partial charge < -0.3 is 18.8 Å². The largest absolute Gasteiger partial charge is 0.493 e. The monoisotopic (exact) mass is 586 g/mol. The van der Waals surface area contributed by atoms with E-state index in [9.17, 15) is 4.39 Å². The van der Waals surface area contributed by atoms with E-state index in [0.717, 1.165) is 33.5 Å². The molecule has 0 atom stereocenters. The van der Waals surface area contributed by atoms with Gasteiger partial charge in [-0.3, -0.25) is 4.57 Å². The van der Waals surface area contributed by atoms with Crippen molar-refractivity contribution in [2.75, 3.05) is 20.8 Å². The molecule has 0 bridgehead atoms. The lowest BCUT2D eigenvalue weighted by atomic mass is 9.81. The topological polar surface area (TPSA) is 63.3 Å². The van der Waals surface area contributed by atoms with Crippen LogP contribution in [-0.2, 0) is 5.41 Å². The lowest BCUT2D eigenvalue weighted by Crippen LogP contribution is -2.26. The Balaban J connectivity index is 1.43. The van der Waals surface area contributed by atoms with Crippen LogP contribution in [-0.4, -0.2) is 44.7 Å². The number of aromatic nitrogens is 4. The van der Waals surface area contributed by atoms with Crippen LogP contribution in [0.1, 0.15) is 39.0 Å². The Morgan fingerprint density at radius 1 is 0.857 bits per heavy atom. The van der Waals surface area contributed by atoms with Crippen molar-refractivity contribution in [2.24, 2.45) is 0 Å². The molecule has 42 heavy (non-hydrogen) atoms. The molecule has 0 spiro atoms. The molecule has 5 rings (SSSR count). The lowest BCUT2D eigenvalue weighted by molar-refractivity contribution is 0.287. The van der Waals surface area contributed by atoms with Gasteiger partial charge in [0.1, 0.15) is 18.2 Å². The van der Waals surface area contributed by atoms with Gasteiger partial charge in [-0.1, -0.05) is 31.7 Å². The normalized spacial score (nSPS) is 11.9. The zero-order valence-electron chi connectivity index (χ0n) is 24.7. The average molecular weight is 587 g/mol. The highest BCUT2D eigenvalue weighted by atomic mass is 32.2. The van der Waals surface area contributed by atoms with Gasteiger partial charge in [0.05, 0.1) is 37.2 Å². The number of halogens is 1. The van der Waals surface area contributed by atoms with Gasteiger partial charge in [0.2, 0.25) is 0 Å². The summed E-state index contributed by atoms with van der Waals surface area (Å²) in [4.78, 5) is 8.98. The van der Waals surface area contributed by atoms with Gasteiger partial charge >= 0.3 is 0 Å². The third-order valence-corrected chi connectivity index (χ3v) is 8.29. The molecule has 2 heterocycles. The van der Waals surface area contributed by atoms with Crippen molar-refractivity contribution < 1.29 is 18.6 Å². The van der Waals surface area contributed by atoms with E-state index in [1.807, 2.05) is 59.4 Å². The molecule has 0 aliphatic heterocycles. The molecular weight excluding hydrogens is 551 g/mol. The lowest BCUT2D eigenvalue weighted by Gasteiger charge is -2.29. The number of ether oxygens (including phenoxy) is 3. The minimum absolute atomic E-state index is 0.290. The van der Waals surface area contributed by atoms with Gasteiger partial charge in [-0.2, -0.15) is 0 Å². The molecule has 0 N–H and O–H groups in total. The summed E-state index contributed by atoms with van der Waals surface area (Å²) in [5.41, 5.74) is 3.35. The highest BCUT2D eigenvalue weighted by molar-refractivity contribution is 8.00. The highest BCUT2D eigenvalue weighted by Gasteiger charge is 2.32. The van der Waals surface area contributed by atoms with Crippen molar-refractivity contribution in [2.45, 2.75) is 43.0 Å². The number of imidazole rings is 2. The van der Waals surface area contributed by atoms with Crippen molar-refractivity contribution in [1.82, 2.24) is 19.1 Å². The molecule has 0 amide bonds. The first-order valence-electron chi connectivity index (χ1n) is 13.6.